The zero-order valence-electron chi connectivity index (χ0n) is 13.3. The van der Waals surface area contributed by atoms with Crippen molar-refractivity contribution in [1.82, 2.24) is 4.98 Å². The molecular weight excluding hydrogens is 386 g/mol. The molecule has 1 heterocycles. The minimum absolute atomic E-state index is 0.0928. The first-order chi connectivity index (χ1) is 11.4. The molecule has 0 spiro atoms. The van der Waals surface area contributed by atoms with E-state index in [1.807, 2.05) is 56.3 Å². The quantitative estimate of drug-likeness (QED) is 0.598. The molecule has 0 bridgehead atoms. The van der Waals surface area contributed by atoms with E-state index in [0.29, 0.717) is 15.6 Å². The number of halogens is 1. The number of carbonyl (C=O) groups excluding carboxylic acids is 1. The van der Waals surface area contributed by atoms with Gasteiger partial charge >= 0.3 is 0 Å². The van der Waals surface area contributed by atoms with Gasteiger partial charge in [-0.1, -0.05) is 57.1 Å². The molecule has 0 saturated carbocycles. The number of nitrogens with two attached hydrogens (primary N) is 1. The molecule has 1 aromatic heterocycles. The number of benzene rings is 2. The number of nitrogen functional groups attached to an aromatic ring is 1. The van der Waals surface area contributed by atoms with Crippen molar-refractivity contribution in [1.29, 1.82) is 0 Å². The normalized spacial score (nSPS) is 10.6. The van der Waals surface area contributed by atoms with Crippen molar-refractivity contribution in [3.63, 3.8) is 0 Å². The van der Waals surface area contributed by atoms with Gasteiger partial charge in [0.2, 0.25) is 5.78 Å². The molecule has 2 aromatic carbocycles. The largest absolute Gasteiger partial charge is 0.382 e. The number of nitrogens with one attached hydrogen (secondary N) is 1. The highest BCUT2D eigenvalue weighted by Gasteiger charge is 2.19. The zero-order valence-corrected chi connectivity index (χ0v) is 15.7. The lowest BCUT2D eigenvalue weighted by atomic mass is 10.0. The molecule has 3 N–H and O–H groups in total. The van der Waals surface area contributed by atoms with Gasteiger partial charge in [0.25, 0.3) is 0 Å². The van der Waals surface area contributed by atoms with Crippen LogP contribution in [0.4, 0.5) is 16.6 Å². The van der Waals surface area contributed by atoms with E-state index >= 15 is 0 Å². The summed E-state index contributed by atoms with van der Waals surface area (Å²) in [7, 11) is 0. The van der Waals surface area contributed by atoms with Gasteiger partial charge in [0.1, 0.15) is 10.7 Å². The maximum Gasteiger partial charge on any atom is 0.207 e. The van der Waals surface area contributed by atoms with Gasteiger partial charge in [-0.25, -0.2) is 4.98 Å². The average Bonchev–Trinajstić information content (AvgIpc) is 2.87. The van der Waals surface area contributed by atoms with Gasteiger partial charge < -0.3 is 11.1 Å². The highest BCUT2D eigenvalue weighted by atomic mass is 79.9. The average molecular weight is 402 g/mol. The first-order valence-electron chi connectivity index (χ1n) is 7.35. The number of carbonyl (C=O) groups is 1. The number of aromatic nitrogens is 1. The lowest BCUT2D eigenvalue weighted by molar-refractivity contribution is 0.104. The van der Waals surface area contributed by atoms with Crippen LogP contribution in [0.2, 0.25) is 0 Å². The molecule has 24 heavy (non-hydrogen) atoms. The van der Waals surface area contributed by atoms with Gasteiger partial charge in [-0.05, 0) is 37.6 Å². The Kier molecular flexibility index (Phi) is 4.69. The number of anilines is 3. The molecule has 122 valence electrons. The van der Waals surface area contributed by atoms with Crippen molar-refractivity contribution in [2.45, 2.75) is 13.8 Å². The highest BCUT2D eigenvalue weighted by molar-refractivity contribution is 9.10. The van der Waals surface area contributed by atoms with E-state index in [-0.39, 0.29) is 11.6 Å². The minimum atomic E-state index is -0.0928. The number of hydrogen-bond donors (Lipinski definition) is 2. The van der Waals surface area contributed by atoms with Crippen LogP contribution in [0.5, 0.6) is 0 Å². The third-order valence-corrected chi connectivity index (χ3v) is 5.04. The summed E-state index contributed by atoms with van der Waals surface area (Å²) in [5, 5.41) is 3.78. The van der Waals surface area contributed by atoms with Crippen molar-refractivity contribution in [2.24, 2.45) is 0 Å². The Labute approximate surface area is 152 Å². The molecule has 0 atom stereocenters. The van der Waals surface area contributed by atoms with E-state index < -0.39 is 0 Å². The number of ketones is 1. The summed E-state index contributed by atoms with van der Waals surface area (Å²) < 4.78 is 0.962. The fourth-order valence-electron chi connectivity index (χ4n) is 2.43. The molecule has 0 radical (unpaired) electrons. The lowest BCUT2D eigenvalue weighted by Gasteiger charge is -2.04. The molecule has 0 saturated heterocycles. The van der Waals surface area contributed by atoms with Gasteiger partial charge in [0.05, 0.1) is 0 Å². The second-order valence-corrected chi connectivity index (χ2v) is 7.43. The van der Waals surface area contributed by atoms with Crippen molar-refractivity contribution >= 4 is 49.7 Å². The summed E-state index contributed by atoms with van der Waals surface area (Å²) in [4.78, 5) is 17.5. The molecular formula is C18H16BrN3OS. The second-order valence-electron chi connectivity index (χ2n) is 5.52. The summed E-state index contributed by atoms with van der Waals surface area (Å²) in [5.74, 6) is 0.160. The summed E-state index contributed by atoms with van der Waals surface area (Å²) in [6.07, 6.45) is 0. The van der Waals surface area contributed by atoms with Crippen LogP contribution in [-0.2, 0) is 0 Å². The molecule has 0 aliphatic carbocycles. The molecule has 4 nitrogen and oxygen atoms in total. The summed E-state index contributed by atoms with van der Waals surface area (Å²) in [6, 6.07) is 13.5. The lowest BCUT2D eigenvalue weighted by Crippen LogP contribution is -2.04. The van der Waals surface area contributed by atoms with Crippen molar-refractivity contribution in [2.75, 3.05) is 11.1 Å². The van der Waals surface area contributed by atoms with Crippen LogP contribution in [0.3, 0.4) is 0 Å². The van der Waals surface area contributed by atoms with Crippen LogP contribution >= 0.6 is 27.3 Å². The summed E-state index contributed by atoms with van der Waals surface area (Å²) in [6.45, 7) is 3.93. The zero-order chi connectivity index (χ0) is 17.3. The number of aryl methyl sites for hydroxylation is 2. The number of rotatable bonds is 4. The molecule has 0 aliphatic rings. The van der Waals surface area contributed by atoms with Gasteiger partial charge in [-0.3, -0.25) is 4.79 Å². The standard InChI is InChI=1S/C18H16BrN3OS/c1-10-6-7-14(11(2)8-10)15(23)16-17(20)22-18(24-16)21-13-5-3-4-12(19)9-13/h3-9H,20H2,1-2H3,(H,21,22). The Morgan fingerprint density at radius 3 is 2.71 bits per heavy atom. The highest BCUT2D eigenvalue weighted by Crippen LogP contribution is 2.31. The van der Waals surface area contributed by atoms with Crippen LogP contribution < -0.4 is 11.1 Å². The maximum absolute atomic E-state index is 12.8. The third kappa shape index (κ3) is 3.49. The van der Waals surface area contributed by atoms with E-state index in [0.717, 1.165) is 21.3 Å². The first kappa shape index (κ1) is 16.7. The Bertz CT molecular complexity index is 920. The predicted octanol–water partition coefficient (Wildman–Crippen LogP) is 5.08. The molecule has 3 rings (SSSR count). The third-order valence-electron chi connectivity index (χ3n) is 3.56. The van der Waals surface area contributed by atoms with Gasteiger partial charge in [-0.2, -0.15) is 0 Å². The Morgan fingerprint density at radius 1 is 1.21 bits per heavy atom. The van der Waals surface area contributed by atoms with Crippen LogP contribution in [0.15, 0.2) is 46.9 Å². The van der Waals surface area contributed by atoms with Gasteiger partial charge in [0, 0.05) is 15.7 Å². The molecule has 3 aromatic rings. The summed E-state index contributed by atoms with van der Waals surface area (Å²) >= 11 is 4.69. The topological polar surface area (TPSA) is 68.0 Å². The smallest absolute Gasteiger partial charge is 0.207 e. The Morgan fingerprint density at radius 2 is 2.00 bits per heavy atom. The molecule has 0 amide bonds. The fraction of sp³-hybridized carbons (Fsp3) is 0.111. The van der Waals surface area contributed by atoms with E-state index in [1.54, 1.807) is 0 Å². The maximum atomic E-state index is 12.8. The van der Waals surface area contributed by atoms with Crippen LogP contribution in [0.1, 0.15) is 26.4 Å². The number of thiazole rings is 1. The fourth-order valence-corrected chi connectivity index (χ4v) is 3.69. The summed E-state index contributed by atoms with van der Waals surface area (Å²) in [5.41, 5.74) is 9.57. The second kappa shape index (κ2) is 6.75. The monoisotopic (exact) mass is 401 g/mol. The van der Waals surface area contributed by atoms with Crippen LogP contribution in [-0.4, -0.2) is 10.8 Å². The number of nitrogens with zero attached hydrogens (tertiary/aromatic N) is 1. The molecule has 0 fully saturated rings. The van der Waals surface area contributed by atoms with Gasteiger partial charge in [-0.15, -0.1) is 0 Å². The first-order valence-corrected chi connectivity index (χ1v) is 8.96. The molecule has 0 unspecified atom stereocenters. The predicted molar refractivity (Wildman–Crippen MR) is 103 cm³/mol. The van der Waals surface area contributed by atoms with Crippen molar-refractivity contribution in [3.8, 4) is 0 Å². The number of hydrogen-bond acceptors (Lipinski definition) is 5. The van der Waals surface area contributed by atoms with E-state index in [2.05, 4.69) is 26.2 Å². The van der Waals surface area contributed by atoms with Crippen LogP contribution in [0.25, 0.3) is 0 Å². The Hall–Kier alpha value is -2.18. The van der Waals surface area contributed by atoms with Crippen molar-refractivity contribution in [3.05, 3.63) is 68.5 Å². The molecule has 6 heteroatoms. The molecule has 0 aliphatic heterocycles. The Balaban J connectivity index is 1.89. The van der Waals surface area contributed by atoms with Gasteiger partial charge in [0.15, 0.2) is 5.13 Å². The van der Waals surface area contributed by atoms with E-state index in [4.69, 9.17) is 5.73 Å². The van der Waals surface area contributed by atoms with E-state index in [9.17, 15) is 4.79 Å². The van der Waals surface area contributed by atoms with Crippen molar-refractivity contribution < 1.29 is 4.79 Å². The minimum Gasteiger partial charge on any atom is -0.382 e. The SMILES string of the molecule is Cc1ccc(C(=O)c2sc(Nc3cccc(Br)c3)nc2N)c(C)c1. The van der Waals surface area contributed by atoms with E-state index in [1.165, 1.54) is 11.3 Å². The van der Waals surface area contributed by atoms with Crippen LogP contribution in [0, 0.1) is 13.8 Å².